The van der Waals surface area contributed by atoms with Crippen LogP contribution in [0.25, 0.3) is 10.9 Å². The van der Waals surface area contributed by atoms with Gasteiger partial charge in [-0.25, -0.2) is 0 Å². The number of aryl methyl sites for hydroxylation is 1. The van der Waals surface area contributed by atoms with Crippen LogP contribution in [0.1, 0.15) is 38.8 Å². The maximum Gasteiger partial charge on any atom is 0.323 e. The van der Waals surface area contributed by atoms with E-state index in [-0.39, 0.29) is 0 Å². The molecular formula is C17H24N2O2. The van der Waals surface area contributed by atoms with Crippen LogP contribution < -0.4 is 0 Å². The fourth-order valence-electron chi connectivity index (χ4n) is 2.75. The van der Waals surface area contributed by atoms with E-state index in [0.717, 1.165) is 12.0 Å². The highest BCUT2D eigenvalue weighted by atomic mass is 16.4. The minimum absolute atomic E-state index is 0.628. The van der Waals surface area contributed by atoms with E-state index in [1.165, 1.54) is 16.5 Å². The average molecular weight is 288 g/mol. The number of hydrogen-bond donors (Lipinski definition) is 2. The Balaban J connectivity index is 2.37. The molecule has 0 unspecified atom stereocenters. The second-order valence-corrected chi connectivity index (χ2v) is 5.89. The molecule has 0 aliphatic rings. The van der Waals surface area contributed by atoms with Gasteiger partial charge in [0.25, 0.3) is 0 Å². The SMILES string of the molecule is CCc1cccc2c(CN(CC)C(C)(C)C(=O)O)c[nH]c12. The summed E-state index contributed by atoms with van der Waals surface area (Å²) in [6.07, 6.45) is 2.99. The summed E-state index contributed by atoms with van der Waals surface area (Å²) in [7, 11) is 0. The first-order valence-electron chi connectivity index (χ1n) is 7.48. The van der Waals surface area contributed by atoms with Gasteiger partial charge >= 0.3 is 5.97 Å². The van der Waals surface area contributed by atoms with Crippen molar-refractivity contribution >= 4 is 16.9 Å². The molecule has 2 N–H and O–H groups in total. The maximum absolute atomic E-state index is 11.5. The van der Waals surface area contributed by atoms with Gasteiger partial charge in [0.05, 0.1) is 0 Å². The van der Waals surface area contributed by atoms with E-state index in [4.69, 9.17) is 0 Å². The van der Waals surface area contributed by atoms with Crippen molar-refractivity contribution in [2.45, 2.75) is 46.2 Å². The zero-order valence-corrected chi connectivity index (χ0v) is 13.2. The highest BCUT2D eigenvalue weighted by Gasteiger charge is 2.33. The van der Waals surface area contributed by atoms with Crippen LogP contribution >= 0.6 is 0 Å². The van der Waals surface area contributed by atoms with E-state index < -0.39 is 11.5 Å². The van der Waals surface area contributed by atoms with Gasteiger partial charge in [-0.1, -0.05) is 32.0 Å². The monoisotopic (exact) mass is 288 g/mol. The van der Waals surface area contributed by atoms with Crippen LogP contribution in [0.3, 0.4) is 0 Å². The Hall–Kier alpha value is -1.81. The predicted octanol–water partition coefficient (Wildman–Crippen LogP) is 3.42. The highest BCUT2D eigenvalue weighted by molar-refractivity contribution is 5.86. The van der Waals surface area contributed by atoms with Gasteiger partial charge in [0.15, 0.2) is 0 Å². The molecule has 21 heavy (non-hydrogen) atoms. The Labute approximate surface area is 125 Å². The number of carbonyl (C=O) groups is 1. The van der Waals surface area contributed by atoms with E-state index >= 15 is 0 Å². The third kappa shape index (κ3) is 2.81. The van der Waals surface area contributed by atoms with Crippen molar-refractivity contribution in [3.05, 3.63) is 35.5 Å². The van der Waals surface area contributed by atoms with Crippen molar-refractivity contribution in [3.63, 3.8) is 0 Å². The fourth-order valence-corrected chi connectivity index (χ4v) is 2.75. The maximum atomic E-state index is 11.5. The number of carboxylic acid groups (broad SMARTS) is 1. The highest BCUT2D eigenvalue weighted by Crippen LogP contribution is 2.26. The first-order valence-corrected chi connectivity index (χ1v) is 7.48. The summed E-state index contributed by atoms with van der Waals surface area (Å²) in [5, 5.41) is 10.6. The van der Waals surface area contributed by atoms with Crippen LogP contribution in [0.5, 0.6) is 0 Å². The molecule has 0 radical (unpaired) electrons. The van der Waals surface area contributed by atoms with E-state index in [1.54, 1.807) is 13.8 Å². The smallest absolute Gasteiger partial charge is 0.323 e. The summed E-state index contributed by atoms with van der Waals surface area (Å²) in [6, 6.07) is 6.29. The lowest BCUT2D eigenvalue weighted by Gasteiger charge is -2.34. The molecule has 0 aliphatic carbocycles. The zero-order valence-electron chi connectivity index (χ0n) is 13.2. The van der Waals surface area contributed by atoms with Gasteiger partial charge in [-0.2, -0.15) is 0 Å². The second-order valence-electron chi connectivity index (χ2n) is 5.89. The third-order valence-corrected chi connectivity index (χ3v) is 4.33. The van der Waals surface area contributed by atoms with Crippen molar-refractivity contribution in [2.24, 2.45) is 0 Å². The fraction of sp³-hybridized carbons (Fsp3) is 0.471. The summed E-state index contributed by atoms with van der Waals surface area (Å²) in [4.78, 5) is 16.8. The lowest BCUT2D eigenvalue weighted by atomic mass is 10.0. The number of likely N-dealkylation sites (N-methyl/N-ethyl adjacent to an activating group) is 1. The topological polar surface area (TPSA) is 56.3 Å². The van der Waals surface area contributed by atoms with Crippen molar-refractivity contribution < 1.29 is 9.90 Å². The number of nitrogens with zero attached hydrogens (tertiary/aromatic N) is 1. The lowest BCUT2D eigenvalue weighted by molar-refractivity contribution is -0.149. The molecule has 0 aliphatic heterocycles. The van der Waals surface area contributed by atoms with Gasteiger partial charge in [0.1, 0.15) is 5.54 Å². The molecule has 0 saturated carbocycles. The Kier molecular flexibility index (Phi) is 4.37. The molecule has 0 amide bonds. The number of hydrogen-bond acceptors (Lipinski definition) is 2. The molecule has 0 fully saturated rings. The molecule has 0 bridgehead atoms. The van der Waals surface area contributed by atoms with Crippen LogP contribution in [0.2, 0.25) is 0 Å². The number of para-hydroxylation sites is 1. The van der Waals surface area contributed by atoms with Crippen molar-refractivity contribution in [2.75, 3.05) is 6.54 Å². The lowest BCUT2D eigenvalue weighted by Crippen LogP contribution is -2.49. The molecule has 114 valence electrons. The van der Waals surface area contributed by atoms with Crippen molar-refractivity contribution in [3.8, 4) is 0 Å². The van der Waals surface area contributed by atoms with Gasteiger partial charge in [0.2, 0.25) is 0 Å². The number of H-pyrrole nitrogens is 1. The summed E-state index contributed by atoms with van der Waals surface area (Å²) in [6.45, 7) is 8.97. The second kappa shape index (κ2) is 5.90. The molecule has 1 heterocycles. The van der Waals surface area contributed by atoms with Crippen molar-refractivity contribution in [1.29, 1.82) is 0 Å². The molecule has 0 spiro atoms. The van der Waals surface area contributed by atoms with Gasteiger partial charge in [-0.05, 0) is 37.9 Å². The summed E-state index contributed by atoms with van der Waals surface area (Å²) < 4.78 is 0. The molecule has 4 heteroatoms. The molecule has 1 aromatic carbocycles. The van der Waals surface area contributed by atoms with E-state index in [9.17, 15) is 9.90 Å². The largest absolute Gasteiger partial charge is 0.480 e. The number of rotatable bonds is 6. The molecule has 1 aromatic heterocycles. The molecule has 0 atom stereocenters. The van der Waals surface area contributed by atoms with E-state index in [0.29, 0.717) is 13.1 Å². The minimum Gasteiger partial charge on any atom is -0.480 e. The number of aromatic nitrogens is 1. The molecular weight excluding hydrogens is 264 g/mol. The summed E-state index contributed by atoms with van der Waals surface area (Å²) >= 11 is 0. The Morgan fingerprint density at radius 3 is 2.57 bits per heavy atom. The number of aromatic amines is 1. The Bertz CT molecular complexity index is 643. The molecule has 0 saturated heterocycles. The predicted molar refractivity (Wildman–Crippen MR) is 85.5 cm³/mol. The number of benzene rings is 1. The first kappa shape index (κ1) is 15.6. The van der Waals surface area contributed by atoms with Crippen molar-refractivity contribution in [1.82, 2.24) is 9.88 Å². The van der Waals surface area contributed by atoms with Crippen LogP contribution in [-0.4, -0.2) is 33.0 Å². The van der Waals surface area contributed by atoms with E-state index in [2.05, 4.69) is 30.1 Å². The van der Waals surface area contributed by atoms with Crippen LogP contribution in [0.15, 0.2) is 24.4 Å². The van der Waals surface area contributed by atoms with Crippen LogP contribution in [-0.2, 0) is 17.8 Å². The first-order chi connectivity index (χ1) is 9.91. The zero-order chi connectivity index (χ0) is 15.6. The van der Waals surface area contributed by atoms with Gasteiger partial charge in [-0.3, -0.25) is 9.69 Å². The van der Waals surface area contributed by atoms with Crippen LogP contribution in [0.4, 0.5) is 0 Å². The molecule has 2 aromatic rings. The number of fused-ring (bicyclic) bond motifs is 1. The number of carboxylic acids is 1. The normalized spacial score (nSPS) is 12.2. The Morgan fingerprint density at radius 2 is 2.00 bits per heavy atom. The van der Waals surface area contributed by atoms with Crippen LogP contribution in [0, 0.1) is 0 Å². The summed E-state index contributed by atoms with van der Waals surface area (Å²) in [5.74, 6) is -0.793. The summed E-state index contributed by atoms with van der Waals surface area (Å²) in [5.41, 5.74) is 2.73. The Morgan fingerprint density at radius 1 is 1.29 bits per heavy atom. The number of aliphatic carboxylic acids is 1. The molecule has 2 rings (SSSR count). The van der Waals surface area contributed by atoms with E-state index in [1.807, 2.05) is 18.0 Å². The number of nitrogens with one attached hydrogen (secondary N) is 1. The van der Waals surface area contributed by atoms with Gasteiger partial charge in [0, 0.05) is 23.6 Å². The third-order valence-electron chi connectivity index (χ3n) is 4.33. The molecule has 4 nitrogen and oxygen atoms in total. The van der Waals surface area contributed by atoms with Gasteiger partial charge in [-0.15, -0.1) is 0 Å². The minimum atomic E-state index is -0.874. The standard InChI is InChI=1S/C17H24N2O2/c1-5-12-8-7-9-14-13(10-18-15(12)14)11-19(6-2)17(3,4)16(20)21/h7-10,18H,5-6,11H2,1-4H3,(H,20,21). The van der Waals surface area contributed by atoms with Gasteiger partial charge < -0.3 is 10.1 Å². The quantitative estimate of drug-likeness (QED) is 0.856. The average Bonchev–Trinajstić information content (AvgIpc) is 2.87.